The summed E-state index contributed by atoms with van der Waals surface area (Å²) in [6.45, 7) is 3.74. The number of imide groups is 1. The second-order valence-electron chi connectivity index (χ2n) is 8.65. The van der Waals surface area contributed by atoms with Gasteiger partial charge in [0.1, 0.15) is 0 Å². The zero-order chi connectivity index (χ0) is 25.2. The van der Waals surface area contributed by atoms with Gasteiger partial charge in [0.2, 0.25) is 0 Å². The molecule has 0 bridgehead atoms. The molecule has 0 N–H and O–H groups in total. The lowest BCUT2D eigenvalue weighted by molar-refractivity contribution is -0.137. The number of nitrogens with zero attached hydrogens (tertiary/aromatic N) is 1. The molecule has 0 aromatic heterocycles. The van der Waals surface area contributed by atoms with E-state index in [1.807, 2.05) is 74.5 Å². The fourth-order valence-electron chi connectivity index (χ4n) is 4.68. The molecular formula is C28H24F3NO3. The van der Waals surface area contributed by atoms with Gasteiger partial charge in [-0.1, -0.05) is 92.7 Å². The molecule has 1 heterocycles. The molecule has 1 aliphatic heterocycles. The minimum atomic E-state index is -4.58. The van der Waals surface area contributed by atoms with Crippen molar-refractivity contribution in [1.29, 1.82) is 0 Å². The molecule has 0 saturated carbocycles. The molecule has 1 fully saturated rings. The highest BCUT2D eigenvalue weighted by Gasteiger charge is 2.59. The second-order valence-corrected chi connectivity index (χ2v) is 8.65. The fraction of sp³-hybridized carbons (Fsp3) is 0.214. The van der Waals surface area contributed by atoms with Gasteiger partial charge in [-0.2, -0.15) is 13.2 Å². The van der Waals surface area contributed by atoms with Crippen molar-refractivity contribution in [2.45, 2.75) is 31.7 Å². The quantitative estimate of drug-likeness (QED) is 0.384. The maximum absolute atomic E-state index is 13.4. The van der Waals surface area contributed by atoms with Gasteiger partial charge in [-0.25, -0.2) is 9.69 Å². The van der Waals surface area contributed by atoms with Gasteiger partial charge in [0, 0.05) is 17.2 Å². The first-order valence-corrected chi connectivity index (χ1v) is 11.2. The zero-order valence-corrected chi connectivity index (χ0v) is 19.2. The predicted molar refractivity (Wildman–Crippen MR) is 126 cm³/mol. The Kier molecular flexibility index (Phi) is 6.52. The topological polar surface area (TPSA) is 46.6 Å². The van der Waals surface area contributed by atoms with Crippen LogP contribution in [0, 0.1) is 5.92 Å². The molecule has 180 valence electrons. The highest BCUT2D eigenvalue weighted by Crippen LogP contribution is 2.47. The molecule has 35 heavy (non-hydrogen) atoms. The Morgan fingerprint density at radius 1 is 0.914 bits per heavy atom. The number of hydrogen-bond donors (Lipinski definition) is 0. The van der Waals surface area contributed by atoms with Crippen LogP contribution in [0.5, 0.6) is 0 Å². The van der Waals surface area contributed by atoms with Crippen molar-refractivity contribution in [3.8, 4) is 0 Å². The van der Waals surface area contributed by atoms with E-state index in [0.717, 1.165) is 23.1 Å². The van der Waals surface area contributed by atoms with Gasteiger partial charge in [0.05, 0.1) is 11.6 Å². The first-order chi connectivity index (χ1) is 16.7. The Labute approximate surface area is 201 Å². The molecule has 1 aliphatic rings. The Bertz CT molecular complexity index is 1200. The van der Waals surface area contributed by atoms with Crippen molar-refractivity contribution in [2.24, 2.45) is 5.92 Å². The van der Waals surface area contributed by atoms with E-state index in [0.29, 0.717) is 11.1 Å². The molecule has 1 saturated heterocycles. The smallest absolute Gasteiger partial charge is 0.418 e. The lowest BCUT2D eigenvalue weighted by Crippen LogP contribution is -2.49. The molecule has 0 spiro atoms. The van der Waals surface area contributed by atoms with Crippen LogP contribution in [0.1, 0.15) is 36.1 Å². The first-order valence-electron chi connectivity index (χ1n) is 11.2. The molecule has 0 radical (unpaired) electrons. The summed E-state index contributed by atoms with van der Waals surface area (Å²) in [5, 5.41) is 0. The molecule has 0 unspecified atom stereocenters. The van der Waals surface area contributed by atoms with Crippen molar-refractivity contribution in [2.75, 3.05) is 0 Å². The monoisotopic (exact) mass is 479 g/mol. The normalized spacial score (nSPS) is 17.7. The van der Waals surface area contributed by atoms with E-state index >= 15 is 0 Å². The molecule has 0 aliphatic carbocycles. The maximum Gasteiger partial charge on any atom is 0.418 e. The fourth-order valence-corrected chi connectivity index (χ4v) is 4.68. The zero-order valence-electron chi connectivity index (χ0n) is 19.2. The van der Waals surface area contributed by atoms with E-state index in [1.165, 1.54) is 18.2 Å². The molecule has 2 amide bonds. The van der Waals surface area contributed by atoms with E-state index in [1.54, 1.807) is 0 Å². The minimum absolute atomic E-state index is 0.167. The number of rotatable bonds is 5. The average molecular weight is 479 g/mol. The number of benzene rings is 3. The molecule has 7 heteroatoms. The molecule has 1 atom stereocenters. The summed E-state index contributed by atoms with van der Waals surface area (Å²) in [6.07, 6.45) is -3.35. The van der Waals surface area contributed by atoms with Crippen molar-refractivity contribution in [3.05, 3.63) is 113 Å². The Morgan fingerprint density at radius 2 is 1.43 bits per heavy atom. The van der Waals surface area contributed by atoms with Crippen molar-refractivity contribution in [1.82, 2.24) is 4.90 Å². The van der Waals surface area contributed by atoms with Gasteiger partial charge in [0.15, 0.2) is 5.60 Å². The summed E-state index contributed by atoms with van der Waals surface area (Å²) in [5.74, 6) is -0.985. The van der Waals surface area contributed by atoms with E-state index in [9.17, 15) is 22.8 Å². The number of ether oxygens (including phenoxy) is 1. The number of carbonyl (C=O) groups excluding carboxylic acids is 2. The van der Waals surface area contributed by atoms with E-state index in [4.69, 9.17) is 4.74 Å². The van der Waals surface area contributed by atoms with Crippen LogP contribution in [0.4, 0.5) is 18.0 Å². The second kappa shape index (κ2) is 9.41. The summed E-state index contributed by atoms with van der Waals surface area (Å²) in [4.78, 5) is 27.5. The summed E-state index contributed by atoms with van der Waals surface area (Å²) in [6, 6.07) is 22.5. The van der Waals surface area contributed by atoms with E-state index in [-0.39, 0.29) is 11.5 Å². The standard InChI is InChI=1S/C28H24F3NO3/c1-19(2)25-27(21-12-5-3-6-13-21,22-14-7-4-8-15-22)35-26(34)32(25)24(33)18-17-20-11-9-10-16-23(20)28(29,30)31/h3-19,25H,1-2H3/t25-/m0/s1. The number of amides is 2. The molecule has 3 aromatic carbocycles. The first kappa shape index (κ1) is 24.3. The van der Waals surface area contributed by atoms with Crippen LogP contribution < -0.4 is 0 Å². The third-order valence-corrected chi connectivity index (χ3v) is 6.09. The van der Waals surface area contributed by atoms with Crippen LogP contribution in [-0.2, 0) is 21.3 Å². The molecular weight excluding hydrogens is 455 g/mol. The van der Waals surface area contributed by atoms with Crippen LogP contribution in [0.25, 0.3) is 6.08 Å². The lowest BCUT2D eigenvalue weighted by Gasteiger charge is -2.37. The summed E-state index contributed by atoms with van der Waals surface area (Å²) in [7, 11) is 0. The van der Waals surface area contributed by atoms with Gasteiger partial charge in [-0.3, -0.25) is 4.79 Å². The van der Waals surface area contributed by atoms with Gasteiger partial charge in [-0.15, -0.1) is 0 Å². The van der Waals surface area contributed by atoms with Crippen molar-refractivity contribution in [3.63, 3.8) is 0 Å². The summed E-state index contributed by atoms with van der Waals surface area (Å²) >= 11 is 0. The number of carbonyl (C=O) groups is 2. The van der Waals surface area contributed by atoms with Gasteiger partial charge >= 0.3 is 12.3 Å². The average Bonchev–Trinajstić information content (AvgIpc) is 3.17. The van der Waals surface area contributed by atoms with Crippen LogP contribution >= 0.6 is 0 Å². The van der Waals surface area contributed by atoms with Gasteiger partial charge in [0.25, 0.3) is 5.91 Å². The lowest BCUT2D eigenvalue weighted by atomic mass is 9.75. The summed E-state index contributed by atoms with van der Waals surface area (Å²) < 4.78 is 46.1. The van der Waals surface area contributed by atoms with Crippen molar-refractivity contribution < 1.29 is 27.5 Å². The van der Waals surface area contributed by atoms with E-state index in [2.05, 4.69) is 0 Å². The van der Waals surface area contributed by atoms with Crippen LogP contribution in [0.2, 0.25) is 0 Å². The van der Waals surface area contributed by atoms with Crippen LogP contribution in [0.3, 0.4) is 0 Å². The SMILES string of the molecule is CC(C)[C@@H]1N(C(=O)C=Cc2ccccc2C(F)(F)F)C(=O)OC1(c1ccccc1)c1ccccc1. The highest BCUT2D eigenvalue weighted by molar-refractivity contribution is 6.02. The van der Waals surface area contributed by atoms with Gasteiger partial charge < -0.3 is 4.74 Å². The Balaban J connectivity index is 1.79. The van der Waals surface area contributed by atoms with Gasteiger partial charge in [-0.05, 0) is 23.6 Å². The Hall–Kier alpha value is -3.87. The molecule has 4 rings (SSSR count). The Morgan fingerprint density at radius 3 is 1.94 bits per heavy atom. The van der Waals surface area contributed by atoms with Crippen LogP contribution in [-0.4, -0.2) is 22.9 Å². The predicted octanol–water partition coefficient (Wildman–Crippen LogP) is 6.67. The molecule has 3 aromatic rings. The number of cyclic esters (lactones) is 1. The minimum Gasteiger partial charge on any atom is -0.430 e. The highest BCUT2D eigenvalue weighted by atomic mass is 19.4. The van der Waals surface area contributed by atoms with E-state index < -0.39 is 35.4 Å². The largest absolute Gasteiger partial charge is 0.430 e. The maximum atomic E-state index is 13.4. The number of hydrogen-bond acceptors (Lipinski definition) is 3. The van der Waals surface area contributed by atoms with Crippen molar-refractivity contribution >= 4 is 18.1 Å². The number of halogens is 3. The molecule has 4 nitrogen and oxygen atoms in total. The van der Waals surface area contributed by atoms with Crippen LogP contribution in [0.15, 0.2) is 91.0 Å². The summed E-state index contributed by atoms with van der Waals surface area (Å²) in [5.41, 5.74) is -0.920. The number of alkyl halides is 3. The third-order valence-electron chi connectivity index (χ3n) is 6.09. The third kappa shape index (κ3) is 4.46.